The quantitative estimate of drug-likeness (QED) is 0.372. The van der Waals surface area contributed by atoms with Crippen molar-refractivity contribution in [2.24, 2.45) is 7.05 Å². The number of ether oxygens (including phenoxy) is 1. The Balaban J connectivity index is 2.06. The van der Waals surface area contributed by atoms with Gasteiger partial charge in [-0.05, 0) is 36.2 Å². The van der Waals surface area contributed by atoms with Gasteiger partial charge < -0.3 is 9.84 Å². The standard InChI is InChI=1S/C25H22ClF3N4O4/c1-3-4-10-33-23(35)20-19(21(34)18-9-8-15(26)12-30-18)17(13-31-22(20)32(2)24(33)36)14-6-5-7-16(11-14)37-25(27,28)29/h5-9,11-13,21,34H,3-4,10H2,1-2H3. The van der Waals surface area contributed by atoms with Crippen LogP contribution in [0.3, 0.4) is 0 Å². The number of pyridine rings is 2. The van der Waals surface area contributed by atoms with Gasteiger partial charge in [-0.2, -0.15) is 0 Å². The molecule has 8 nitrogen and oxygen atoms in total. The maximum atomic E-state index is 13.6. The summed E-state index contributed by atoms with van der Waals surface area (Å²) >= 11 is 5.94. The van der Waals surface area contributed by atoms with E-state index in [0.29, 0.717) is 11.4 Å². The molecule has 0 aliphatic carbocycles. The molecule has 0 aliphatic rings. The van der Waals surface area contributed by atoms with Crippen LogP contribution in [0.4, 0.5) is 13.2 Å². The van der Waals surface area contributed by atoms with Crippen molar-refractivity contribution >= 4 is 22.6 Å². The minimum atomic E-state index is -4.92. The monoisotopic (exact) mass is 534 g/mol. The van der Waals surface area contributed by atoms with Crippen molar-refractivity contribution in [1.82, 2.24) is 19.1 Å². The number of aliphatic hydroxyl groups is 1. The Kier molecular flexibility index (Phi) is 7.37. The summed E-state index contributed by atoms with van der Waals surface area (Å²) in [5.41, 5.74) is -0.695. The number of hydrogen-bond donors (Lipinski definition) is 1. The second kappa shape index (κ2) is 10.3. The van der Waals surface area contributed by atoms with Crippen molar-refractivity contribution in [3.05, 3.63) is 85.9 Å². The molecule has 1 aromatic carbocycles. The SMILES string of the molecule is CCCCn1c(=O)c2c(C(O)c3ccc(Cl)cn3)c(-c3cccc(OC(F)(F)F)c3)cnc2n(C)c1=O. The first-order chi connectivity index (χ1) is 17.5. The topological polar surface area (TPSA) is 99.2 Å². The van der Waals surface area contributed by atoms with Gasteiger partial charge in [0.2, 0.25) is 0 Å². The van der Waals surface area contributed by atoms with Gasteiger partial charge in [-0.25, -0.2) is 9.78 Å². The molecule has 1 unspecified atom stereocenters. The lowest BCUT2D eigenvalue weighted by Gasteiger charge is -2.20. The van der Waals surface area contributed by atoms with Crippen molar-refractivity contribution < 1.29 is 23.0 Å². The fraction of sp³-hybridized carbons (Fsp3) is 0.280. The molecule has 0 fully saturated rings. The normalized spacial score (nSPS) is 12.6. The number of alkyl halides is 3. The predicted octanol–water partition coefficient (Wildman–Crippen LogP) is 4.59. The minimum absolute atomic E-state index is 0.0113. The van der Waals surface area contributed by atoms with Gasteiger partial charge in [0.1, 0.15) is 17.5 Å². The fourth-order valence-corrected chi connectivity index (χ4v) is 4.17. The molecule has 194 valence electrons. The fourth-order valence-electron chi connectivity index (χ4n) is 4.06. The molecule has 3 aromatic heterocycles. The molecule has 3 heterocycles. The average Bonchev–Trinajstić information content (AvgIpc) is 2.85. The lowest BCUT2D eigenvalue weighted by Crippen LogP contribution is -2.40. The third-order valence-corrected chi connectivity index (χ3v) is 6.03. The van der Waals surface area contributed by atoms with E-state index in [1.165, 1.54) is 48.3 Å². The number of unbranched alkanes of at least 4 members (excludes halogenated alkanes) is 1. The number of aromatic nitrogens is 4. The molecule has 0 spiro atoms. The highest BCUT2D eigenvalue weighted by Crippen LogP contribution is 2.36. The molecule has 37 heavy (non-hydrogen) atoms. The van der Waals surface area contributed by atoms with E-state index >= 15 is 0 Å². The van der Waals surface area contributed by atoms with E-state index in [1.807, 2.05) is 6.92 Å². The summed E-state index contributed by atoms with van der Waals surface area (Å²) in [6.07, 6.45) is -2.53. The third kappa shape index (κ3) is 5.37. The second-order valence-electron chi connectivity index (χ2n) is 8.32. The Morgan fingerprint density at radius 1 is 1.14 bits per heavy atom. The van der Waals surface area contributed by atoms with Crippen LogP contribution in [0.1, 0.15) is 37.1 Å². The predicted molar refractivity (Wildman–Crippen MR) is 132 cm³/mol. The molecule has 4 rings (SSSR count). The summed E-state index contributed by atoms with van der Waals surface area (Å²) < 4.78 is 44.9. The molecule has 0 saturated heterocycles. The summed E-state index contributed by atoms with van der Waals surface area (Å²) in [7, 11) is 1.45. The zero-order chi connectivity index (χ0) is 26.9. The number of fused-ring (bicyclic) bond motifs is 1. The van der Waals surface area contributed by atoms with Gasteiger partial charge in [0.25, 0.3) is 5.56 Å². The van der Waals surface area contributed by atoms with Crippen LogP contribution in [0.2, 0.25) is 5.02 Å². The lowest BCUT2D eigenvalue weighted by molar-refractivity contribution is -0.274. The number of nitrogens with zero attached hydrogens (tertiary/aromatic N) is 4. The summed E-state index contributed by atoms with van der Waals surface area (Å²) in [5.74, 6) is -0.490. The van der Waals surface area contributed by atoms with E-state index in [1.54, 1.807) is 0 Å². The highest BCUT2D eigenvalue weighted by molar-refractivity contribution is 6.30. The first-order valence-corrected chi connectivity index (χ1v) is 11.7. The highest BCUT2D eigenvalue weighted by Gasteiger charge is 2.31. The van der Waals surface area contributed by atoms with E-state index in [2.05, 4.69) is 14.7 Å². The van der Waals surface area contributed by atoms with Gasteiger partial charge in [0.15, 0.2) is 0 Å². The van der Waals surface area contributed by atoms with Crippen molar-refractivity contribution in [3.63, 3.8) is 0 Å². The van der Waals surface area contributed by atoms with Crippen LogP contribution in [0.5, 0.6) is 5.75 Å². The smallest absolute Gasteiger partial charge is 0.406 e. The van der Waals surface area contributed by atoms with Crippen molar-refractivity contribution in [3.8, 4) is 16.9 Å². The van der Waals surface area contributed by atoms with Gasteiger partial charge in [-0.15, -0.1) is 13.2 Å². The average molecular weight is 535 g/mol. The number of hydrogen-bond acceptors (Lipinski definition) is 6. The van der Waals surface area contributed by atoms with Gasteiger partial charge in [0.05, 0.1) is 16.1 Å². The number of aryl methyl sites for hydroxylation is 1. The Labute approximate surface area is 213 Å². The van der Waals surface area contributed by atoms with Crippen molar-refractivity contribution in [2.45, 2.75) is 38.8 Å². The van der Waals surface area contributed by atoms with Crippen LogP contribution >= 0.6 is 11.6 Å². The van der Waals surface area contributed by atoms with Gasteiger partial charge in [-0.1, -0.05) is 37.1 Å². The molecular formula is C25H22ClF3N4O4. The van der Waals surface area contributed by atoms with Crippen LogP contribution in [0, 0.1) is 0 Å². The summed E-state index contributed by atoms with van der Waals surface area (Å²) in [5, 5.41) is 11.7. The molecule has 0 bridgehead atoms. The molecule has 1 N–H and O–H groups in total. The van der Waals surface area contributed by atoms with Crippen LogP contribution in [0.25, 0.3) is 22.2 Å². The zero-order valence-electron chi connectivity index (χ0n) is 19.8. The van der Waals surface area contributed by atoms with E-state index in [0.717, 1.165) is 23.1 Å². The Morgan fingerprint density at radius 3 is 2.54 bits per heavy atom. The van der Waals surface area contributed by atoms with E-state index < -0.39 is 29.5 Å². The number of rotatable bonds is 7. The zero-order valence-corrected chi connectivity index (χ0v) is 20.5. The maximum Gasteiger partial charge on any atom is 0.573 e. The first-order valence-electron chi connectivity index (χ1n) is 11.3. The number of aliphatic hydroxyl groups excluding tert-OH is 1. The first kappa shape index (κ1) is 26.4. The number of benzene rings is 1. The highest BCUT2D eigenvalue weighted by atomic mass is 35.5. The van der Waals surface area contributed by atoms with E-state index in [-0.39, 0.29) is 40.0 Å². The Bertz CT molecular complexity index is 1570. The third-order valence-electron chi connectivity index (χ3n) is 5.81. The van der Waals surface area contributed by atoms with Gasteiger partial charge in [0, 0.05) is 37.1 Å². The van der Waals surface area contributed by atoms with Crippen molar-refractivity contribution in [1.29, 1.82) is 0 Å². The molecule has 12 heteroatoms. The Morgan fingerprint density at radius 2 is 1.89 bits per heavy atom. The maximum absolute atomic E-state index is 13.6. The summed E-state index contributed by atoms with van der Waals surface area (Å²) in [4.78, 5) is 35.0. The van der Waals surface area contributed by atoms with E-state index in [4.69, 9.17) is 11.6 Å². The lowest BCUT2D eigenvalue weighted by atomic mass is 9.93. The minimum Gasteiger partial charge on any atom is -0.406 e. The molecule has 0 aliphatic heterocycles. The second-order valence-corrected chi connectivity index (χ2v) is 8.75. The van der Waals surface area contributed by atoms with Crippen LogP contribution in [0.15, 0.2) is 58.4 Å². The van der Waals surface area contributed by atoms with Crippen molar-refractivity contribution in [2.75, 3.05) is 0 Å². The van der Waals surface area contributed by atoms with Crippen LogP contribution < -0.4 is 16.0 Å². The van der Waals surface area contributed by atoms with Crippen LogP contribution in [-0.4, -0.2) is 30.6 Å². The molecule has 0 amide bonds. The largest absolute Gasteiger partial charge is 0.573 e. The van der Waals surface area contributed by atoms with E-state index in [9.17, 15) is 27.9 Å². The molecule has 0 radical (unpaired) electrons. The van der Waals surface area contributed by atoms with Crippen LogP contribution in [-0.2, 0) is 13.6 Å². The number of halogens is 4. The molecule has 4 aromatic rings. The molecular weight excluding hydrogens is 513 g/mol. The van der Waals surface area contributed by atoms with Gasteiger partial charge >= 0.3 is 12.1 Å². The Hall–Kier alpha value is -3.70. The summed E-state index contributed by atoms with van der Waals surface area (Å²) in [6.45, 7) is 2.05. The molecule has 1 atom stereocenters. The summed E-state index contributed by atoms with van der Waals surface area (Å²) in [6, 6.07) is 8.06. The van der Waals surface area contributed by atoms with Gasteiger partial charge in [-0.3, -0.25) is 18.9 Å². The molecule has 0 saturated carbocycles.